The van der Waals surface area contributed by atoms with Crippen molar-refractivity contribution in [2.75, 3.05) is 0 Å². The van der Waals surface area contributed by atoms with Gasteiger partial charge in [-0.3, -0.25) is 0 Å². The summed E-state index contributed by atoms with van der Waals surface area (Å²) in [6, 6.07) is 0. The van der Waals surface area contributed by atoms with Crippen LogP contribution >= 0.6 is 6.13 Å². The van der Waals surface area contributed by atoms with Crippen LogP contribution in [0.25, 0.3) is 0 Å². The number of hydrogen-bond donors (Lipinski definition) is 0. The van der Waals surface area contributed by atoms with E-state index in [4.69, 9.17) is 0 Å². The van der Waals surface area contributed by atoms with Crippen molar-refractivity contribution < 1.29 is 0 Å². The van der Waals surface area contributed by atoms with Crippen LogP contribution in [-0.2, 0) is 0 Å². The molecule has 0 spiro atoms. The van der Waals surface area contributed by atoms with Crippen LogP contribution in [0.3, 0.4) is 0 Å². The third kappa shape index (κ3) is 43.9. The Morgan fingerprint density at radius 3 is 0.581 bits per heavy atom. The van der Waals surface area contributed by atoms with Crippen molar-refractivity contribution in [2.24, 2.45) is 0 Å². The molecule has 0 amide bonds. The molecule has 0 N–H and O–H groups in total. The molecule has 0 aromatic heterocycles. The van der Waals surface area contributed by atoms with Crippen LogP contribution in [-0.4, -0.2) is 39.5 Å². The summed E-state index contributed by atoms with van der Waals surface area (Å²) in [5.41, 5.74) is 0. The van der Waals surface area contributed by atoms with Crippen LogP contribution in [0.2, 0.25) is 8.87 Å². The molecule has 43 heavy (non-hydrogen) atoms. The van der Waals surface area contributed by atoms with Crippen molar-refractivity contribution in [1.29, 1.82) is 0 Å². The second kappa shape index (κ2) is 43.9. The van der Waals surface area contributed by atoms with E-state index in [2.05, 4.69) is 20.0 Å². The van der Waals surface area contributed by atoms with Crippen molar-refractivity contribution >= 4 is 45.6 Å². The van der Waals surface area contributed by atoms with Gasteiger partial charge in [0.05, 0.1) is 0 Å². The van der Waals surface area contributed by atoms with Crippen LogP contribution in [0.15, 0.2) is 0 Å². The summed E-state index contributed by atoms with van der Waals surface area (Å²) in [5.74, 6) is 0. The van der Waals surface area contributed by atoms with E-state index in [-0.39, 0.29) is 39.5 Å². The minimum atomic E-state index is -0.00641. The van der Waals surface area contributed by atoms with E-state index in [9.17, 15) is 0 Å². The van der Waals surface area contributed by atoms with Crippen LogP contribution in [0.1, 0.15) is 245 Å². The predicted octanol–water partition coefficient (Wildman–Crippen LogP) is 15.9. The Labute approximate surface area is 297 Å². The quantitative estimate of drug-likeness (QED) is 0.0438. The van der Waals surface area contributed by atoms with Crippen LogP contribution in [0.4, 0.5) is 0 Å². The zero-order valence-corrected chi connectivity index (χ0v) is 36.8. The normalized spacial score (nSPS) is 11.6. The molecule has 3 heteroatoms. The first-order valence-corrected chi connectivity index (χ1v) is 32.4. The summed E-state index contributed by atoms with van der Waals surface area (Å²) in [6.45, 7) is 4.63. The third-order valence-electron chi connectivity index (χ3n) is 9.41. The molecule has 0 aliphatic heterocycles. The number of rotatable bonds is 40. The summed E-state index contributed by atoms with van der Waals surface area (Å²) in [4.78, 5) is 0. The molecule has 0 aromatic carbocycles. The van der Waals surface area contributed by atoms with Crippen molar-refractivity contribution in [1.82, 2.24) is 0 Å². The zero-order valence-electron chi connectivity index (χ0n) is 30.3. The fourth-order valence-corrected chi connectivity index (χ4v) is 31.1. The van der Waals surface area contributed by atoms with Gasteiger partial charge in [0.2, 0.25) is 0 Å². The Hall–Kier alpha value is 1.95. The molecule has 0 fully saturated rings. The molecular formula is C40H82SSn2. The Balaban J connectivity index is 3.02. The smallest absolute Gasteiger partial charge is 0.0654 e. The van der Waals surface area contributed by atoms with Gasteiger partial charge in [-0.2, -0.15) is 0 Å². The van der Waals surface area contributed by atoms with Crippen molar-refractivity contribution in [3.8, 4) is 0 Å². The first kappa shape index (κ1) is 44.9. The first-order chi connectivity index (χ1) is 21.4. The summed E-state index contributed by atoms with van der Waals surface area (Å²) in [6.07, 6.45) is 56.5. The molecule has 4 radical (unpaired) electrons. The maximum atomic E-state index is 2.57. The standard InChI is InChI=1S/2C20H41.S.2Sn/c2*1-3-5-7-9-11-13-15-17-19-20-18-16-14-12-10-8-6-4-2;;;/h2*1,3-20H2,2H3;;;. The van der Waals surface area contributed by atoms with Crippen molar-refractivity contribution in [3.05, 3.63) is 0 Å². The zero-order chi connectivity index (χ0) is 31.0. The summed E-state index contributed by atoms with van der Waals surface area (Å²) >= 11 is -0.0128. The van der Waals surface area contributed by atoms with Gasteiger partial charge >= 0.3 is 196 Å². The van der Waals surface area contributed by atoms with Gasteiger partial charge in [0, 0.05) is 0 Å². The molecule has 0 saturated carbocycles. The van der Waals surface area contributed by atoms with Crippen LogP contribution in [0, 0.1) is 0 Å². The van der Waals surface area contributed by atoms with E-state index in [1.165, 1.54) is 205 Å². The van der Waals surface area contributed by atoms with Crippen LogP contribution in [0.5, 0.6) is 0 Å². The second-order valence-electron chi connectivity index (χ2n) is 13.9. The van der Waals surface area contributed by atoms with E-state index in [0.29, 0.717) is 0 Å². The monoisotopic (exact) mass is 834 g/mol. The van der Waals surface area contributed by atoms with Crippen molar-refractivity contribution in [3.63, 3.8) is 0 Å². The topological polar surface area (TPSA) is 0 Å². The molecule has 0 saturated heterocycles. The van der Waals surface area contributed by atoms with E-state index in [1.54, 1.807) is 34.6 Å². The minimum Gasteiger partial charge on any atom is -0.0654 e. The van der Waals surface area contributed by atoms with E-state index < -0.39 is 0 Å². The van der Waals surface area contributed by atoms with Gasteiger partial charge in [-0.25, -0.2) is 0 Å². The van der Waals surface area contributed by atoms with Gasteiger partial charge in [-0.05, 0) is 0 Å². The molecule has 0 nitrogen and oxygen atoms in total. The summed E-state index contributed by atoms with van der Waals surface area (Å²) in [5, 5.41) is 0. The first-order valence-electron chi connectivity index (χ1n) is 20.5. The van der Waals surface area contributed by atoms with E-state index >= 15 is 0 Å². The van der Waals surface area contributed by atoms with E-state index in [1.807, 2.05) is 0 Å². The van der Waals surface area contributed by atoms with Gasteiger partial charge in [-0.15, -0.1) is 0 Å². The van der Waals surface area contributed by atoms with Crippen LogP contribution < -0.4 is 0 Å². The second-order valence-corrected chi connectivity index (χ2v) is 36.0. The fraction of sp³-hybridized carbons (Fsp3) is 1.00. The molecule has 0 atom stereocenters. The average molecular weight is 833 g/mol. The molecule has 0 aromatic rings. The Bertz CT molecular complexity index is 418. The summed E-state index contributed by atoms with van der Waals surface area (Å²) < 4.78 is 3.35. The fourth-order valence-electron chi connectivity index (χ4n) is 6.35. The number of unbranched alkanes of at least 4 members (excludes halogenated alkanes) is 34. The summed E-state index contributed by atoms with van der Waals surface area (Å²) in [7, 11) is 0. The maximum absolute atomic E-state index is 2.57. The molecule has 0 unspecified atom stereocenters. The molecular weight excluding hydrogens is 750 g/mol. The van der Waals surface area contributed by atoms with E-state index in [0.717, 1.165) is 0 Å². The molecule has 0 rings (SSSR count). The minimum absolute atomic E-state index is 0.00641. The Kier molecular flexibility index (Phi) is 45.9. The predicted molar refractivity (Wildman–Crippen MR) is 206 cm³/mol. The molecule has 256 valence electrons. The third-order valence-corrected chi connectivity index (χ3v) is 34.7. The molecule has 0 bridgehead atoms. The van der Waals surface area contributed by atoms with Gasteiger partial charge in [0.15, 0.2) is 0 Å². The molecule has 0 heterocycles. The molecule has 0 aliphatic rings. The van der Waals surface area contributed by atoms with Crippen molar-refractivity contribution in [2.45, 2.75) is 254 Å². The van der Waals surface area contributed by atoms with Gasteiger partial charge in [-0.1, -0.05) is 104 Å². The van der Waals surface area contributed by atoms with Gasteiger partial charge in [0.1, 0.15) is 0 Å². The SMILES string of the molecule is CCCCCCCCCCCCCCCCCCC[CH2][Sn][S][Sn][CH2]CCCCCCCCCCCCCCCCCCC. The van der Waals surface area contributed by atoms with Gasteiger partial charge < -0.3 is 0 Å². The number of hydrogen-bond acceptors (Lipinski definition) is 1. The Morgan fingerprint density at radius 2 is 0.395 bits per heavy atom. The van der Waals surface area contributed by atoms with Gasteiger partial charge in [0.25, 0.3) is 0 Å². The average Bonchev–Trinajstić information content (AvgIpc) is 3.02. The Morgan fingerprint density at radius 1 is 0.233 bits per heavy atom. The molecule has 0 aliphatic carbocycles.